The highest BCUT2D eigenvalue weighted by atomic mass is 16.3. The van der Waals surface area contributed by atoms with Gasteiger partial charge in [-0.1, -0.05) is 24.3 Å². The van der Waals surface area contributed by atoms with Crippen LogP contribution in [0.1, 0.15) is 0 Å². The standard InChI is InChI=1S/C13H11N7O2/c14-11-16-12(15)18-13(17-11)20-19-10-7-4-2-1-3-6(7)8(21)5-9(10)22/h1-5,21-22H,(H4,14,15,16,17,18). The number of phenols is 2. The third-order valence-corrected chi connectivity index (χ3v) is 2.87. The topological polar surface area (TPSA) is 156 Å². The molecule has 2 aromatic carbocycles. The van der Waals surface area contributed by atoms with E-state index in [1.165, 1.54) is 6.07 Å². The second kappa shape index (κ2) is 5.13. The van der Waals surface area contributed by atoms with Gasteiger partial charge in [0.25, 0.3) is 5.95 Å². The Balaban J connectivity index is 2.12. The Labute approximate surface area is 124 Å². The number of rotatable bonds is 2. The summed E-state index contributed by atoms with van der Waals surface area (Å²) in [6.07, 6.45) is 0. The largest absolute Gasteiger partial charge is 0.507 e. The van der Waals surface area contributed by atoms with Gasteiger partial charge in [0.1, 0.15) is 17.2 Å². The average molecular weight is 297 g/mol. The molecule has 9 nitrogen and oxygen atoms in total. The van der Waals surface area contributed by atoms with Crippen LogP contribution in [0.5, 0.6) is 11.5 Å². The van der Waals surface area contributed by atoms with Crippen molar-refractivity contribution in [1.82, 2.24) is 15.0 Å². The van der Waals surface area contributed by atoms with Crippen LogP contribution >= 0.6 is 0 Å². The number of nitrogen functional groups attached to an aromatic ring is 2. The van der Waals surface area contributed by atoms with Gasteiger partial charge in [-0.15, -0.1) is 10.2 Å². The number of aromatic hydroxyl groups is 2. The summed E-state index contributed by atoms with van der Waals surface area (Å²) in [7, 11) is 0. The van der Waals surface area contributed by atoms with E-state index in [1.54, 1.807) is 24.3 Å². The maximum Gasteiger partial charge on any atom is 0.275 e. The first-order valence-electron chi connectivity index (χ1n) is 6.17. The number of aromatic nitrogens is 3. The normalized spacial score (nSPS) is 11.3. The molecule has 0 fully saturated rings. The number of azo groups is 1. The van der Waals surface area contributed by atoms with E-state index in [9.17, 15) is 10.2 Å². The Morgan fingerprint density at radius 2 is 1.45 bits per heavy atom. The summed E-state index contributed by atoms with van der Waals surface area (Å²) < 4.78 is 0. The minimum absolute atomic E-state index is 0.0549. The Bertz CT molecular complexity index is 875. The van der Waals surface area contributed by atoms with Gasteiger partial charge in [0.05, 0.1) is 0 Å². The molecule has 0 saturated heterocycles. The van der Waals surface area contributed by atoms with E-state index >= 15 is 0 Å². The van der Waals surface area contributed by atoms with Crippen LogP contribution in [0.2, 0.25) is 0 Å². The van der Waals surface area contributed by atoms with Gasteiger partial charge in [0.2, 0.25) is 11.9 Å². The lowest BCUT2D eigenvalue weighted by Crippen LogP contribution is -2.01. The molecule has 0 saturated carbocycles. The first-order chi connectivity index (χ1) is 10.5. The van der Waals surface area contributed by atoms with E-state index in [0.717, 1.165) is 0 Å². The first kappa shape index (κ1) is 13.5. The fourth-order valence-corrected chi connectivity index (χ4v) is 1.97. The molecule has 0 unspecified atom stereocenters. The molecule has 0 bridgehead atoms. The molecular weight excluding hydrogens is 286 g/mol. The lowest BCUT2D eigenvalue weighted by molar-refractivity contribution is 0.456. The zero-order valence-electron chi connectivity index (χ0n) is 11.2. The predicted molar refractivity (Wildman–Crippen MR) is 80.1 cm³/mol. The number of phenolic OH excluding ortho intramolecular Hbond substituents is 2. The van der Waals surface area contributed by atoms with Crippen molar-refractivity contribution >= 4 is 34.3 Å². The van der Waals surface area contributed by atoms with Gasteiger partial charge in [-0.05, 0) is 0 Å². The molecule has 9 heteroatoms. The summed E-state index contributed by atoms with van der Waals surface area (Å²) in [4.78, 5) is 11.1. The van der Waals surface area contributed by atoms with Crippen LogP contribution in [-0.4, -0.2) is 25.2 Å². The molecule has 0 amide bonds. The summed E-state index contributed by atoms with van der Waals surface area (Å²) in [5.41, 5.74) is 11.1. The molecule has 3 rings (SSSR count). The summed E-state index contributed by atoms with van der Waals surface area (Å²) in [5.74, 6) is -0.528. The molecule has 6 N–H and O–H groups in total. The Morgan fingerprint density at radius 3 is 2.14 bits per heavy atom. The maximum absolute atomic E-state index is 9.96. The first-order valence-corrected chi connectivity index (χ1v) is 6.17. The molecule has 0 aliphatic carbocycles. The molecular formula is C13H11N7O2. The number of anilines is 2. The van der Waals surface area contributed by atoms with Gasteiger partial charge in [0, 0.05) is 16.8 Å². The highest BCUT2D eigenvalue weighted by Crippen LogP contribution is 2.40. The summed E-state index contributed by atoms with van der Waals surface area (Å²) in [6, 6.07) is 8.08. The van der Waals surface area contributed by atoms with Crippen LogP contribution in [0.3, 0.4) is 0 Å². The third-order valence-electron chi connectivity index (χ3n) is 2.87. The number of fused-ring (bicyclic) bond motifs is 1. The third kappa shape index (κ3) is 2.42. The van der Waals surface area contributed by atoms with Gasteiger partial charge in [0.15, 0.2) is 0 Å². The zero-order valence-corrected chi connectivity index (χ0v) is 11.2. The van der Waals surface area contributed by atoms with Crippen LogP contribution in [0.4, 0.5) is 23.5 Å². The molecule has 0 aliphatic rings. The van der Waals surface area contributed by atoms with E-state index in [4.69, 9.17) is 11.5 Å². The van der Waals surface area contributed by atoms with Crippen LogP contribution in [0, 0.1) is 0 Å². The lowest BCUT2D eigenvalue weighted by atomic mass is 10.1. The van der Waals surface area contributed by atoms with Crippen LogP contribution < -0.4 is 11.5 Å². The van der Waals surface area contributed by atoms with E-state index in [0.29, 0.717) is 10.8 Å². The SMILES string of the molecule is Nc1nc(N)nc(N=Nc2c(O)cc(O)c3ccccc23)n1. The molecule has 0 atom stereocenters. The van der Waals surface area contributed by atoms with Crippen molar-refractivity contribution < 1.29 is 10.2 Å². The number of nitrogens with zero attached hydrogens (tertiary/aromatic N) is 5. The zero-order chi connectivity index (χ0) is 15.7. The highest BCUT2D eigenvalue weighted by Gasteiger charge is 2.11. The van der Waals surface area contributed by atoms with Gasteiger partial charge >= 0.3 is 0 Å². The number of benzene rings is 2. The quantitative estimate of drug-likeness (QED) is 0.527. The lowest BCUT2D eigenvalue weighted by Gasteiger charge is -2.05. The molecule has 22 heavy (non-hydrogen) atoms. The second-order valence-corrected chi connectivity index (χ2v) is 4.36. The van der Waals surface area contributed by atoms with E-state index < -0.39 is 0 Å². The second-order valence-electron chi connectivity index (χ2n) is 4.36. The minimum atomic E-state index is -0.227. The summed E-state index contributed by atoms with van der Waals surface area (Å²) in [5, 5.41) is 28.6. The van der Waals surface area contributed by atoms with Crippen molar-refractivity contribution in [2.45, 2.75) is 0 Å². The fraction of sp³-hybridized carbons (Fsp3) is 0. The van der Waals surface area contributed by atoms with Gasteiger partial charge in [-0.2, -0.15) is 15.0 Å². The fourth-order valence-electron chi connectivity index (χ4n) is 1.97. The van der Waals surface area contributed by atoms with Crippen LogP contribution in [-0.2, 0) is 0 Å². The Morgan fingerprint density at radius 1 is 0.818 bits per heavy atom. The molecule has 3 aromatic rings. The molecule has 0 aliphatic heterocycles. The van der Waals surface area contributed by atoms with E-state index in [2.05, 4.69) is 25.2 Å². The highest BCUT2D eigenvalue weighted by molar-refractivity contribution is 5.99. The van der Waals surface area contributed by atoms with Crippen molar-refractivity contribution in [3.63, 3.8) is 0 Å². The van der Waals surface area contributed by atoms with Crippen molar-refractivity contribution in [3.8, 4) is 11.5 Å². The van der Waals surface area contributed by atoms with Crippen molar-refractivity contribution in [1.29, 1.82) is 0 Å². The molecule has 0 radical (unpaired) electrons. The summed E-state index contributed by atoms with van der Waals surface area (Å²) >= 11 is 0. The van der Waals surface area contributed by atoms with E-state index in [1.807, 2.05) is 0 Å². The van der Waals surface area contributed by atoms with Crippen LogP contribution in [0.15, 0.2) is 40.6 Å². The molecule has 110 valence electrons. The summed E-state index contributed by atoms with van der Waals surface area (Å²) in [6.45, 7) is 0. The average Bonchev–Trinajstić information content (AvgIpc) is 2.46. The van der Waals surface area contributed by atoms with Gasteiger partial charge in [-0.25, -0.2) is 0 Å². The number of nitrogens with two attached hydrogens (primary N) is 2. The maximum atomic E-state index is 9.96. The van der Waals surface area contributed by atoms with Crippen molar-refractivity contribution in [3.05, 3.63) is 30.3 Å². The molecule has 0 spiro atoms. The Kier molecular flexibility index (Phi) is 3.14. The van der Waals surface area contributed by atoms with Gasteiger partial charge < -0.3 is 21.7 Å². The minimum Gasteiger partial charge on any atom is -0.507 e. The van der Waals surface area contributed by atoms with Crippen LogP contribution in [0.25, 0.3) is 10.8 Å². The molecule has 1 heterocycles. The van der Waals surface area contributed by atoms with Gasteiger partial charge in [-0.3, -0.25) is 0 Å². The number of hydrogen-bond acceptors (Lipinski definition) is 9. The monoisotopic (exact) mass is 297 g/mol. The predicted octanol–water partition coefficient (Wildman–Crippen LogP) is 2.02. The smallest absolute Gasteiger partial charge is 0.275 e. The molecule has 1 aromatic heterocycles. The Hall–Kier alpha value is -3.49. The van der Waals surface area contributed by atoms with E-state index in [-0.39, 0.29) is 35.0 Å². The van der Waals surface area contributed by atoms with Crippen molar-refractivity contribution in [2.24, 2.45) is 10.2 Å². The van der Waals surface area contributed by atoms with Crippen molar-refractivity contribution in [2.75, 3.05) is 11.5 Å². The number of hydrogen-bond donors (Lipinski definition) is 4.